The number of hydrogen-bond donors (Lipinski definition) is 0. The van der Waals surface area contributed by atoms with Gasteiger partial charge in [0.15, 0.2) is 0 Å². The van der Waals surface area contributed by atoms with Crippen LogP contribution >= 0.6 is 27.5 Å². The van der Waals surface area contributed by atoms with E-state index in [-0.39, 0.29) is 16.2 Å². The Labute approximate surface area is 96.5 Å². The first-order chi connectivity index (χ1) is 6.97. The third-order valence-corrected chi connectivity index (χ3v) is 2.27. The normalized spacial score (nSPS) is 10.7. The fraction of sp³-hybridized carbons (Fsp3) is 0.286. The number of nitro groups is 1. The van der Waals surface area contributed by atoms with Crippen LogP contribution in [0.5, 0.6) is 0 Å². The van der Waals surface area contributed by atoms with Crippen LogP contribution in [0.3, 0.4) is 0 Å². The second kappa shape index (κ2) is 4.80. The zero-order valence-electron chi connectivity index (χ0n) is 7.08. The molecule has 0 saturated carbocycles. The predicted molar refractivity (Wildman–Crippen MR) is 53.1 cm³/mol. The fourth-order valence-electron chi connectivity index (χ4n) is 1.05. The quantitative estimate of drug-likeness (QED) is 0.372. The lowest BCUT2D eigenvalue weighted by atomic mass is 10.2. The molecular weight excluding hydrogens is 297 g/mol. The summed E-state index contributed by atoms with van der Waals surface area (Å²) in [5, 5.41) is 10.6. The van der Waals surface area contributed by atoms with E-state index in [0.717, 1.165) is 6.07 Å². The minimum atomic E-state index is -2.94. The average molecular weight is 301 g/mol. The van der Waals surface area contributed by atoms with E-state index >= 15 is 0 Å². The summed E-state index contributed by atoms with van der Waals surface area (Å²) < 4.78 is 25.1. The summed E-state index contributed by atoms with van der Waals surface area (Å²) in [6.07, 6.45) is -2.94. The molecular formula is C7H4BrClF2N2O2. The molecule has 1 rings (SSSR count). The van der Waals surface area contributed by atoms with Gasteiger partial charge in [-0.1, -0.05) is 0 Å². The van der Waals surface area contributed by atoms with Crippen LogP contribution in [0.25, 0.3) is 0 Å². The van der Waals surface area contributed by atoms with Crippen LogP contribution in [0.2, 0.25) is 0 Å². The Morgan fingerprint density at radius 2 is 2.27 bits per heavy atom. The first kappa shape index (κ1) is 12.3. The highest BCUT2D eigenvalue weighted by Gasteiger charge is 2.27. The Morgan fingerprint density at radius 1 is 1.67 bits per heavy atom. The van der Waals surface area contributed by atoms with E-state index in [1.807, 2.05) is 0 Å². The molecule has 0 radical (unpaired) electrons. The lowest BCUT2D eigenvalue weighted by Crippen LogP contribution is -2.03. The molecule has 0 saturated heterocycles. The van der Waals surface area contributed by atoms with Crippen LogP contribution in [-0.4, -0.2) is 9.91 Å². The average Bonchev–Trinajstić information content (AvgIpc) is 2.15. The highest BCUT2D eigenvalue weighted by molar-refractivity contribution is 9.10. The molecule has 0 aliphatic rings. The third-order valence-electron chi connectivity index (χ3n) is 1.61. The molecule has 4 nitrogen and oxygen atoms in total. The first-order valence-electron chi connectivity index (χ1n) is 3.65. The molecule has 1 heterocycles. The van der Waals surface area contributed by atoms with Crippen molar-refractivity contribution in [1.82, 2.24) is 4.98 Å². The molecule has 0 N–H and O–H groups in total. The van der Waals surface area contributed by atoms with E-state index in [1.165, 1.54) is 0 Å². The van der Waals surface area contributed by atoms with Crippen LogP contribution in [-0.2, 0) is 5.88 Å². The van der Waals surface area contributed by atoms with Gasteiger partial charge in [-0.25, -0.2) is 13.8 Å². The second-order valence-electron chi connectivity index (χ2n) is 2.52. The summed E-state index contributed by atoms with van der Waals surface area (Å²) in [5.74, 6) is -0.296. The van der Waals surface area contributed by atoms with Crippen molar-refractivity contribution in [3.63, 3.8) is 0 Å². The minimum Gasteiger partial charge on any atom is -0.258 e. The Hall–Kier alpha value is -0.820. The number of alkyl halides is 3. The number of hydrogen-bond acceptors (Lipinski definition) is 3. The molecule has 0 aromatic carbocycles. The van der Waals surface area contributed by atoms with E-state index < -0.39 is 22.6 Å². The summed E-state index contributed by atoms with van der Waals surface area (Å²) in [6.45, 7) is 0. The summed E-state index contributed by atoms with van der Waals surface area (Å²) >= 11 is 8.27. The van der Waals surface area contributed by atoms with E-state index in [1.54, 1.807) is 0 Å². The van der Waals surface area contributed by atoms with Crippen molar-refractivity contribution >= 4 is 33.2 Å². The largest absolute Gasteiger partial charge is 0.300 e. The van der Waals surface area contributed by atoms with Crippen molar-refractivity contribution in [2.45, 2.75) is 12.3 Å². The fourth-order valence-corrected chi connectivity index (χ4v) is 1.69. The van der Waals surface area contributed by atoms with Gasteiger partial charge in [0.2, 0.25) is 0 Å². The number of pyridine rings is 1. The van der Waals surface area contributed by atoms with Gasteiger partial charge in [0.05, 0.1) is 10.8 Å². The topological polar surface area (TPSA) is 56.0 Å². The molecule has 0 amide bonds. The monoisotopic (exact) mass is 300 g/mol. The highest BCUT2D eigenvalue weighted by atomic mass is 79.9. The number of halogens is 4. The Bertz CT molecular complexity index is 403. The number of rotatable bonds is 3. The molecule has 0 atom stereocenters. The van der Waals surface area contributed by atoms with Crippen molar-refractivity contribution in [1.29, 1.82) is 0 Å². The van der Waals surface area contributed by atoms with Crippen LogP contribution < -0.4 is 0 Å². The highest BCUT2D eigenvalue weighted by Crippen LogP contribution is 2.33. The third kappa shape index (κ3) is 2.60. The molecule has 0 fully saturated rings. The van der Waals surface area contributed by atoms with Gasteiger partial charge in [-0.3, -0.25) is 10.1 Å². The lowest BCUT2D eigenvalue weighted by molar-refractivity contribution is -0.387. The van der Waals surface area contributed by atoms with Crippen LogP contribution in [0.1, 0.15) is 17.7 Å². The second-order valence-corrected chi connectivity index (χ2v) is 3.60. The minimum absolute atomic E-state index is 0.0963. The van der Waals surface area contributed by atoms with E-state index in [9.17, 15) is 18.9 Å². The van der Waals surface area contributed by atoms with Crippen LogP contribution in [0, 0.1) is 10.1 Å². The number of nitrogens with zero attached hydrogens (tertiary/aromatic N) is 2. The predicted octanol–water partition coefficient (Wildman–Crippen LogP) is 3.43. The Balaban J connectivity index is 3.47. The zero-order valence-corrected chi connectivity index (χ0v) is 9.43. The van der Waals surface area contributed by atoms with E-state index in [0.29, 0.717) is 0 Å². The molecule has 82 valence electrons. The molecule has 8 heteroatoms. The van der Waals surface area contributed by atoms with Crippen molar-refractivity contribution in [3.8, 4) is 0 Å². The smallest absolute Gasteiger partial charge is 0.258 e. The maximum absolute atomic E-state index is 12.5. The molecule has 0 aliphatic carbocycles. The van der Waals surface area contributed by atoms with E-state index in [2.05, 4.69) is 20.9 Å². The maximum Gasteiger partial charge on any atom is 0.300 e. The standard InChI is InChI=1S/C7H4BrClF2N2O2/c8-5-1-3(7(10)11)6(13(14)15)4(2-9)12-5/h1,7H,2H2. The van der Waals surface area contributed by atoms with Crippen LogP contribution in [0.4, 0.5) is 14.5 Å². The summed E-state index contributed by atoms with van der Waals surface area (Å²) in [5.41, 5.74) is -1.58. The van der Waals surface area contributed by atoms with Gasteiger partial charge in [0.25, 0.3) is 6.43 Å². The van der Waals surface area contributed by atoms with Gasteiger partial charge < -0.3 is 0 Å². The Morgan fingerprint density at radius 3 is 2.67 bits per heavy atom. The molecule has 0 aliphatic heterocycles. The molecule has 0 spiro atoms. The van der Waals surface area contributed by atoms with Gasteiger partial charge in [-0.15, -0.1) is 11.6 Å². The van der Waals surface area contributed by atoms with Gasteiger partial charge in [0, 0.05) is 0 Å². The van der Waals surface area contributed by atoms with Gasteiger partial charge in [-0.2, -0.15) is 0 Å². The van der Waals surface area contributed by atoms with Crippen molar-refractivity contribution < 1.29 is 13.7 Å². The van der Waals surface area contributed by atoms with Gasteiger partial charge >= 0.3 is 5.69 Å². The first-order valence-corrected chi connectivity index (χ1v) is 4.98. The number of aromatic nitrogens is 1. The van der Waals surface area contributed by atoms with E-state index in [4.69, 9.17) is 11.6 Å². The summed E-state index contributed by atoms with van der Waals surface area (Å²) in [6, 6.07) is 0.916. The molecule has 1 aromatic heterocycles. The van der Waals surface area contributed by atoms with Gasteiger partial charge in [0.1, 0.15) is 15.9 Å². The SMILES string of the molecule is O=[N+]([O-])c1c(C(F)F)cc(Br)nc1CCl. The summed E-state index contributed by atoms with van der Waals surface area (Å²) in [7, 11) is 0. The Kier molecular flexibility index (Phi) is 3.92. The molecule has 0 bridgehead atoms. The molecule has 0 unspecified atom stereocenters. The van der Waals surface area contributed by atoms with Gasteiger partial charge in [-0.05, 0) is 22.0 Å². The lowest BCUT2D eigenvalue weighted by Gasteiger charge is -2.05. The maximum atomic E-state index is 12.5. The zero-order chi connectivity index (χ0) is 11.6. The van der Waals surface area contributed by atoms with Crippen molar-refractivity contribution in [2.24, 2.45) is 0 Å². The van der Waals surface area contributed by atoms with Crippen molar-refractivity contribution in [2.75, 3.05) is 0 Å². The summed E-state index contributed by atoms with van der Waals surface area (Å²) in [4.78, 5) is 13.3. The molecule has 1 aromatic rings. The van der Waals surface area contributed by atoms with Crippen molar-refractivity contribution in [3.05, 3.63) is 32.0 Å². The van der Waals surface area contributed by atoms with Crippen LogP contribution in [0.15, 0.2) is 10.7 Å². The molecule has 15 heavy (non-hydrogen) atoms.